The van der Waals surface area contributed by atoms with Crippen molar-refractivity contribution < 1.29 is 9.53 Å². The molecule has 4 aliphatic rings. The van der Waals surface area contributed by atoms with Crippen LogP contribution in [0.25, 0.3) is 0 Å². The molecule has 2 unspecified atom stereocenters. The number of fused-ring (bicyclic) bond motifs is 1. The third-order valence-electron chi connectivity index (χ3n) is 4.96. The molecule has 0 radical (unpaired) electrons. The van der Waals surface area contributed by atoms with Crippen molar-refractivity contribution in [2.24, 2.45) is 5.92 Å². The highest BCUT2D eigenvalue weighted by molar-refractivity contribution is 5.94. The number of allylic oxidation sites excluding steroid dienone is 3. The quantitative estimate of drug-likeness (QED) is 0.828. The van der Waals surface area contributed by atoms with Crippen LogP contribution in [0.1, 0.15) is 32.6 Å². The van der Waals surface area contributed by atoms with Gasteiger partial charge in [-0.1, -0.05) is 6.08 Å². The van der Waals surface area contributed by atoms with Crippen LogP contribution in [0.2, 0.25) is 0 Å². The fourth-order valence-electron chi connectivity index (χ4n) is 3.47. The average Bonchev–Trinajstić information content (AvgIpc) is 3.16. The van der Waals surface area contributed by atoms with E-state index in [-0.39, 0.29) is 17.7 Å². The Bertz CT molecular complexity index is 568. The van der Waals surface area contributed by atoms with Gasteiger partial charge in [0.15, 0.2) is 0 Å². The van der Waals surface area contributed by atoms with Crippen LogP contribution in [-0.4, -0.2) is 35.7 Å². The third kappa shape index (κ3) is 2.43. The standard InChI is InChI=1S/C17H23N3O2/c1-17(8-4-10-22-17)11-18-16(21)14-13-5-2-3-9-20(13)15(19-14)12-6-7-12/h2-3,5,9,12,15,19H,4,6-8,10-11H2,1H3,(H,18,21). The lowest BCUT2D eigenvalue weighted by atomic mass is 10.0. The monoisotopic (exact) mass is 301 g/mol. The van der Waals surface area contributed by atoms with Crippen molar-refractivity contribution in [2.75, 3.05) is 13.2 Å². The molecule has 1 saturated heterocycles. The van der Waals surface area contributed by atoms with E-state index in [2.05, 4.69) is 28.7 Å². The van der Waals surface area contributed by atoms with Gasteiger partial charge in [0.05, 0.1) is 11.3 Å². The zero-order valence-corrected chi connectivity index (χ0v) is 13.0. The number of carbonyl (C=O) groups is 1. The molecule has 3 heterocycles. The lowest BCUT2D eigenvalue weighted by Crippen LogP contribution is -2.43. The lowest BCUT2D eigenvalue weighted by molar-refractivity contribution is -0.119. The molecule has 4 rings (SSSR count). The molecule has 0 spiro atoms. The van der Waals surface area contributed by atoms with E-state index in [1.165, 1.54) is 12.8 Å². The van der Waals surface area contributed by atoms with Crippen molar-refractivity contribution >= 4 is 5.91 Å². The molecule has 1 amide bonds. The van der Waals surface area contributed by atoms with Gasteiger partial charge in [0.1, 0.15) is 11.9 Å². The molecule has 5 heteroatoms. The number of nitrogens with one attached hydrogen (secondary N) is 2. The van der Waals surface area contributed by atoms with Gasteiger partial charge in [-0.25, -0.2) is 0 Å². The minimum atomic E-state index is -0.211. The number of rotatable bonds is 4. The van der Waals surface area contributed by atoms with E-state index in [0.29, 0.717) is 18.2 Å². The summed E-state index contributed by atoms with van der Waals surface area (Å²) in [7, 11) is 0. The van der Waals surface area contributed by atoms with E-state index in [4.69, 9.17) is 4.74 Å². The first-order chi connectivity index (χ1) is 10.7. The molecule has 2 atom stereocenters. The molecule has 1 saturated carbocycles. The maximum atomic E-state index is 12.6. The van der Waals surface area contributed by atoms with Crippen LogP contribution in [0.4, 0.5) is 0 Å². The first kappa shape index (κ1) is 13.9. The van der Waals surface area contributed by atoms with E-state index in [1.54, 1.807) is 0 Å². The zero-order valence-electron chi connectivity index (χ0n) is 13.0. The van der Waals surface area contributed by atoms with Crippen molar-refractivity contribution in [1.82, 2.24) is 15.5 Å². The highest BCUT2D eigenvalue weighted by atomic mass is 16.5. The van der Waals surface area contributed by atoms with E-state index in [9.17, 15) is 4.79 Å². The van der Waals surface area contributed by atoms with E-state index < -0.39 is 0 Å². The Labute approximate surface area is 131 Å². The van der Waals surface area contributed by atoms with Gasteiger partial charge in [0.25, 0.3) is 5.91 Å². The summed E-state index contributed by atoms with van der Waals surface area (Å²) < 4.78 is 5.74. The van der Waals surface area contributed by atoms with E-state index >= 15 is 0 Å². The summed E-state index contributed by atoms with van der Waals surface area (Å²) in [5.74, 6) is 0.618. The highest BCUT2D eigenvalue weighted by Gasteiger charge is 2.42. The van der Waals surface area contributed by atoms with Crippen molar-refractivity contribution in [3.63, 3.8) is 0 Å². The first-order valence-corrected chi connectivity index (χ1v) is 8.22. The Morgan fingerprint density at radius 1 is 1.50 bits per heavy atom. The van der Waals surface area contributed by atoms with E-state index in [1.807, 2.05) is 18.2 Å². The second-order valence-electron chi connectivity index (χ2n) is 6.88. The largest absolute Gasteiger partial charge is 0.373 e. The summed E-state index contributed by atoms with van der Waals surface area (Å²) >= 11 is 0. The van der Waals surface area contributed by atoms with Gasteiger partial charge in [-0.3, -0.25) is 4.79 Å². The van der Waals surface area contributed by atoms with Crippen LogP contribution in [0.3, 0.4) is 0 Å². The number of nitrogens with zero attached hydrogens (tertiary/aromatic N) is 1. The van der Waals surface area contributed by atoms with Gasteiger partial charge in [-0.05, 0) is 50.7 Å². The zero-order chi connectivity index (χ0) is 15.2. The number of carbonyl (C=O) groups excluding carboxylic acids is 1. The van der Waals surface area contributed by atoms with Crippen LogP contribution in [-0.2, 0) is 9.53 Å². The summed E-state index contributed by atoms with van der Waals surface area (Å²) in [5, 5.41) is 6.48. The first-order valence-electron chi connectivity index (χ1n) is 8.22. The van der Waals surface area contributed by atoms with Gasteiger partial charge in [0.2, 0.25) is 0 Å². The van der Waals surface area contributed by atoms with Crippen molar-refractivity contribution in [3.8, 4) is 0 Å². The molecule has 2 N–H and O–H groups in total. The highest BCUT2D eigenvalue weighted by Crippen LogP contribution is 2.40. The minimum Gasteiger partial charge on any atom is -0.373 e. The van der Waals surface area contributed by atoms with Gasteiger partial charge in [-0.2, -0.15) is 0 Å². The second kappa shape index (κ2) is 5.16. The summed E-state index contributed by atoms with van der Waals surface area (Å²) in [4.78, 5) is 14.8. The molecule has 5 nitrogen and oxygen atoms in total. The fourth-order valence-corrected chi connectivity index (χ4v) is 3.47. The Morgan fingerprint density at radius 2 is 2.36 bits per heavy atom. The molecule has 3 aliphatic heterocycles. The molecule has 0 aromatic rings. The second-order valence-corrected chi connectivity index (χ2v) is 6.88. The molecular weight excluding hydrogens is 278 g/mol. The maximum Gasteiger partial charge on any atom is 0.269 e. The molecular formula is C17H23N3O2. The fraction of sp³-hybridized carbons (Fsp3) is 0.588. The number of amides is 1. The van der Waals surface area contributed by atoms with Gasteiger partial charge < -0.3 is 20.3 Å². The molecule has 0 bridgehead atoms. The number of hydrogen-bond donors (Lipinski definition) is 2. The normalized spacial score (nSPS) is 33.1. The molecule has 2 fully saturated rings. The van der Waals surface area contributed by atoms with Crippen LogP contribution < -0.4 is 10.6 Å². The molecule has 118 valence electrons. The third-order valence-corrected chi connectivity index (χ3v) is 4.96. The van der Waals surface area contributed by atoms with E-state index in [0.717, 1.165) is 25.1 Å². The Balaban J connectivity index is 1.47. The smallest absolute Gasteiger partial charge is 0.269 e. The number of hydrogen-bond acceptors (Lipinski definition) is 4. The molecule has 0 aromatic heterocycles. The SMILES string of the molecule is CC1(CNC(=O)C2=C3C=CC=CN3C(C3CC3)N2)CCCO1. The minimum absolute atomic E-state index is 0.0279. The lowest BCUT2D eigenvalue weighted by Gasteiger charge is -2.25. The topological polar surface area (TPSA) is 53.6 Å². The van der Waals surface area contributed by atoms with Crippen molar-refractivity contribution in [3.05, 3.63) is 35.8 Å². The summed E-state index contributed by atoms with van der Waals surface area (Å²) in [6, 6.07) is 0. The van der Waals surface area contributed by atoms with Crippen LogP contribution in [0.15, 0.2) is 35.8 Å². The Kier molecular flexibility index (Phi) is 3.26. The summed E-state index contributed by atoms with van der Waals surface area (Å²) in [6.07, 6.45) is 12.9. The number of ether oxygens (including phenoxy) is 1. The Morgan fingerprint density at radius 3 is 3.09 bits per heavy atom. The average molecular weight is 301 g/mol. The molecule has 1 aliphatic carbocycles. The van der Waals surface area contributed by atoms with Gasteiger partial charge >= 0.3 is 0 Å². The Hall–Kier alpha value is -1.75. The maximum absolute atomic E-state index is 12.6. The van der Waals surface area contributed by atoms with Crippen LogP contribution >= 0.6 is 0 Å². The van der Waals surface area contributed by atoms with Crippen molar-refractivity contribution in [1.29, 1.82) is 0 Å². The van der Waals surface area contributed by atoms with Crippen molar-refractivity contribution in [2.45, 2.75) is 44.4 Å². The van der Waals surface area contributed by atoms with Gasteiger partial charge in [0, 0.05) is 19.4 Å². The van der Waals surface area contributed by atoms with Crippen LogP contribution in [0.5, 0.6) is 0 Å². The predicted molar refractivity (Wildman–Crippen MR) is 83.4 cm³/mol. The predicted octanol–water partition coefficient (Wildman–Crippen LogP) is 1.61. The molecule has 22 heavy (non-hydrogen) atoms. The summed E-state index contributed by atoms with van der Waals surface area (Å²) in [5.41, 5.74) is 1.46. The van der Waals surface area contributed by atoms with Crippen LogP contribution in [0, 0.1) is 5.92 Å². The van der Waals surface area contributed by atoms with Gasteiger partial charge in [-0.15, -0.1) is 0 Å². The molecule has 0 aromatic carbocycles. The summed E-state index contributed by atoms with van der Waals surface area (Å²) in [6.45, 7) is 3.43.